The van der Waals surface area contributed by atoms with Gasteiger partial charge in [0.25, 0.3) is 11.8 Å². The van der Waals surface area contributed by atoms with Crippen LogP contribution in [0.3, 0.4) is 0 Å². The van der Waals surface area contributed by atoms with Crippen LogP contribution in [0.25, 0.3) is 16.7 Å². The van der Waals surface area contributed by atoms with Gasteiger partial charge in [-0.2, -0.15) is 0 Å². The Bertz CT molecular complexity index is 1600. The Morgan fingerprint density at radius 2 is 1.89 bits per heavy atom. The normalized spacial score (nSPS) is 13.0. The van der Waals surface area contributed by atoms with Crippen molar-refractivity contribution in [3.8, 4) is 5.69 Å². The monoisotopic (exact) mass is 476 g/mol. The molecule has 5 aromatic rings. The van der Waals surface area contributed by atoms with Crippen LogP contribution in [0.5, 0.6) is 0 Å². The summed E-state index contributed by atoms with van der Waals surface area (Å²) in [4.78, 5) is 39.8. The van der Waals surface area contributed by atoms with E-state index in [4.69, 9.17) is 0 Å². The van der Waals surface area contributed by atoms with Gasteiger partial charge in [0.2, 0.25) is 0 Å². The lowest BCUT2D eigenvalue weighted by molar-refractivity contribution is 0.0735. The Balaban J connectivity index is 1.19. The van der Waals surface area contributed by atoms with Crippen LogP contribution in [-0.2, 0) is 13.0 Å². The minimum atomic E-state index is -0.191. The lowest BCUT2D eigenvalue weighted by Crippen LogP contribution is -2.36. The minimum Gasteiger partial charge on any atom is -0.342 e. The van der Waals surface area contributed by atoms with E-state index in [1.165, 1.54) is 0 Å². The van der Waals surface area contributed by atoms with Crippen LogP contribution < -0.4 is 5.32 Å². The van der Waals surface area contributed by atoms with Crippen LogP contribution >= 0.6 is 0 Å². The molecule has 2 N–H and O–H groups in total. The summed E-state index contributed by atoms with van der Waals surface area (Å²) in [6, 6.07) is 18.9. The number of carbonyl (C=O) groups is 2. The molecule has 0 unspecified atom stereocenters. The first kappa shape index (κ1) is 21.8. The molecule has 0 saturated heterocycles. The zero-order valence-electron chi connectivity index (χ0n) is 19.7. The average molecular weight is 477 g/mol. The summed E-state index contributed by atoms with van der Waals surface area (Å²) in [5, 5.41) is 2.98. The number of anilines is 1. The van der Waals surface area contributed by atoms with Gasteiger partial charge in [-0.25, -0.2) is 9.97 Å². The summed E-state index contributed by atoms with van der Waals surface area (Å²) >= 11 is 0. The molecule has 6 rings (SSSR count). The summed E-state index contributed by atoms with van der Waals surface area (Å²) < 4.78 is 1.88. The van der Waals surface area contributed by atoms with Gasteiger partial charge in [-0.1, -0.05) is 12.1 Å². The maximum absolute atomic E-state index is 13.3. The van der Waals surface area contributed by atoms with Crippen molar-refractivity contribution >= 4 is 28.5 Å². The molecule has 8 nitrogen and oxygen atoms in total. The second kappa shape index (κ2) is 8.81. The van der Waals surface area contributed by atoms with E-state index in [0.717, 1.165) is 40.1 Å². The largest absolute Gasteiger partial charge is 0.342 e. The lowest BCUT2D eigenvalue weighted by Gasteiger charge is -2.29. The number of aryl methyl sites for hydroxylation is 1. The summed E-state index contributed by atoms with van der Waals surface area (Å²) in [5.41, 5.74) is 6.65. The summed E-state index contributed by atoms with van der Waals surface area (Å²) in [6.07, 6.45) is 6.03. The quantitative estimate of drug-likeness (QED) is 0.399. The van der Waals surface area contributed by atoms with E-state index in [-0.39, 0.29) is 11.8 Å². The van der Waals surface area contributed by atoms with Gasteiger partial charge >= 0.3 is 0 Å². The fourth-order valence-corrected chi connectivity index (χ4v) is 4.68. The van der Waals surface area contributed by atoms with Gasteiger partial charge < -0.3 is 19.8 Å². The second-order valence-corrected chi connectivity index (χ2v) is 8.99. The van der Waals surface area contributed by atoms with Crippen molar-refractivity contribution in [1.29, 1.82) is 0 Å². The Labute approximate surface area is 207 Å². The molecule has 0 saturated carbocycles. The lowest BCUT2D eigenvalue weighted by atomic mass is 9.96. The number of hydrogen-bond acceptors (Lipinski definition) is 4. The van der Waals surface area contributed by atoms with Crippen molar-refractivity contribution in [3.05, 3.63) is 107 Å². The Morgan fingerprint density at radius 3 is 2.75 bits per heavy atom. The molecular formula is C28H24N6O2. The molecule has 0 fully saturated rings. The van der Waals surface area contributed by atoms with Gasteiger partial charge in [-0.05, 0) is 73.0 Å². The predicted octanol–water partition coefficient (Wildman–Crippen LogP) is 4.51. The van der Waals surface area contributed by atoms with Crippen molar-refractivity contribution in [3.63, 3.8) is 0 Å². The number of benzene rings is 3. The van der Waals surface area contributed by atoms with Crippen molar-refractivity contribution in [2.75, 3.05) is 11.9 Å². The molecule has 2 aromatic heterocycles. The maximum atomic E-state index is 13.3. The average Bonchev–Trinajstić information content (AvgIpc) is 3.56. The number of aromatic amines is 1. The second-order valence-electron chi connectivity index (χ2n) is 8.99. The highest BCUT2D eigenvalue weighted by Gasteiger charge is 2.23. The third-order valence-electron chi connectivity index (χ3n) is 6.52. The molecule has 0 bridgehead atoms. The number of nitrogens with one attached hydrogen (secondary N) is 2. The van der Waals surface area contributed by atoms with E-state index < -0.39 is 0 Å². The topological polar surface area (TPSA) is 95.9 Å². The van der Waals surface area contributed by atoms with E-state index in [9.17, 15) is 9.59 Å². The molecule has 0 spiro atoms. The molecule has 1 aliphatic heterocycles. The smallest absolute Gasteiger partial charge is 0.255 e. The van der Waals surface area contributed by atoms with Crippen molar-refractivity contribution < 1.29 is 9.59 Å². The third kappa shape index (κ3) is 4.13. The molecular weight excluding hydrogens is 452 g/mol. The van der Waals surface area contributed by atoms with Crippen molar-refractivity contribution in [2.24, 2.45) is 0 Å². The van der Waals surface area contributed by atoms with Gasteiger partial charge in [-0.15, -0.1) is 0 Å². The third-order valence-corrected chi connectivity index (χ3v) is 6.52. The SMILES string of the molecule is Cc1nc2ccc(C(=O)N3CCc4ccc(C(=O)Nc5cccc(-n6ccnc6)c5)cc4C3)cc2[nH]1. The number of imidazole rings is 2. The number of nitrogens with zero attached hydrogens (tertiary/aromatic N) is 4. The first-order valence-corrected chi connectivity index (χ1v) is 11.8. The molecule has 3 aromatic carbocycles. The number of rotatable bonds is 4. The highest BCUT2D eigenvalue weighted by atomic mass is 16.2. The Kier molecular flexibility index (Phi) is 5.33. The van der Waals surface area contributed by atoms with Crippen LogP contribution in [0.1, 0.15) is 37.7 Å². The van der Waals surface area contributed by atoms with Gasteiger partial charge in [-0.3, -0.25) is 9.59 Å². The van der Waals surface area contributed by atoms with E-state index in [0.29, 0.717) is 29.9 Å². The minimum absolute atomic E-state index is 0.0269. The molecule has 36 heavy (non-hydrogen) atoms. The molecule has 178 valence electrons. The van der Waals surface area contributed by atoms with E-state index in [1.807, 2.05) is 83.3 Å². The van der Waals surface area contributed by atoms with E-state index in [1.54, 1.807) is 12.5 Å². The van der Waals surface area contributed by atoms with Crippen LogP contribution in [0, 0.1) is 6.92 Å². The Morgan fingerprint density at radius 1 is 1.00 bits per heavy atom. The summed E-state index contributed by atoms with van der Waals surface area (Å²) in [5.74, 6) is 0.603. The van der Waals surface area contributed by atoms with Crippen molar-refractivity contribution in [1.82, 2.24) is 24.4 Å². The molecule has 0 radical (unpaired) electrons. The number of H-pyrrole nitrogens is 1. The number of carbonyl (C=O) groups excluding carboxylic acids is 2. The van der Waals surface area contributed by atoms with Gasteiger partial charge in [0.05, 0.1) is 17.4 Å². The fourth-order valence-electron chi connectivity index (χ4n) is 4.68. The first-order valence-electron chi connectivity index (χ1n) is 11.8. The van der Waals surface area contributed by atoms with Crippen LogP contribution in [0.4, 0.5) is 5.69 Å². The molecule has 3 heterocycles. The number of aromatic nitrogens is 4. The predicted molar refractivity (Wildman–Crippen MR) is 137 cm³/mol. The van der Waals surface area contributed by atoms with Crippen LogP contribution in [0.15, 0.2) is 79.4 Å². The van der Waals surface area contributed by atoms with Gasteiger partial charge in [0.1, 0.15) is 5.82 Å². The molecule has 0 atom stereocenters. The van der Waals surface area contributed by atoms with E-state index >= 15 is 0 Å². The number of fused-ring (bicyclic) bond motifs is 2. The maximum Gasteiger partial charge on any atom is 0.255 e. The fraction of sp³-hybridized carbons (Fsp3) is 0.143. The zero-order valence-corrected chi connectivity index (χ0v) is 19.7. The number of amides is 2. The van der Waals surface area contributed by atoms with Gasteiger partial charge in [0, 0.05) is 48.0 Å². The molecule has 8 heteroatoms. The summed E-state index contributed by atoms with van der Waals surface area (Å²) in [6.45, 7) is 3.00. The molecule has 0 aliphatic carbocycles. The van der Waals surface area contributed by atoms with Crippen LogP contribution in [0.2, 0.25) is 0 Å². The standard InChI is InChI=1S/C28H24N6O2/c1-18-30-25-8-7-21(14-26(25)31-18)28(36)33-11-9-19-5-6-20(13-22(19)16-33)27(35)32-23-3-2-4-24(15-23)34-12-10-29-17-34/h2-8,10,12-15,17H,9,11,16H2,1H3,(H,30,31)(H,32,35). The molecule has 1 aliphatic rings. The Hall–Kier alpha value is -4.72. The van der Waals surface area contributed by atoms with E-state index in [2.05, 4.69) is 20.3 Å². The zero-order chi connectivity index (χ0) is 24.6. The first-order chi connectivity index (χ1) is 17.5. The number of hydrogen-bond donors (Lipinski definition) is 2. The van der Waals surface area contributed by atoms with Crippen molar-refractivity contribution in [2.45, 2.75) is 19.9 Å². The molecule has 2 amide bonds. The highest BCUT2D eigenvalue weighted by Crippen LogP contribution is 2.24. The highest BCUT2D eigenvalue weighted by molar-refractivity contribution is 6.04. The van der Waals surface area contributed by atoms with Crippen LogP contribution in [-0.4, -0.2) is 42.8 Å². The van der Waals surface area contributed by atoms with Gasteiger partial charge in [0.15, 0.2) is 0 Å². The summed E-state index contributed by atoms with van der Waals surface area (Å²) in [7, 11) is 0.